The lowest BCUT2D eigenvalue weighted by molar-refractivity contribution is 0.438. The quantitative estimate of drug-likeness (QED) is 0.466. The second kappa shape index (κ2) is 9.79. The summed E-state index contributed by atoms with van der Waals surface area (Å²) in [5.74, 6) is 1.35. The van der Waals surface area contributed by atoms with Gasteiger partial charge in [-0.3, -0.25) is 0 Å². The number of nitrogen functional groups attached to an aromatic ring is 1. The Kier molecular flexibility index (Phi) is 6.86. The van der Waals surface area contributed by atoms with Gasteiger partial charge in [0.05, 0.1) is 11.4 Å². The first-order valence-corrected chi connectivity index (χ1v) is 12.5. The standard InChI is InChI=1S/C23H21ClN6S2/c1-14-6-8-30(9-7-14)20-18(10-25)21(27)29-23(19(20)11-26)32-13-17-12-31-22(28-17)15-2-4-16(24)5-3-15/h2-5,12,14H,6-9,13H2,1H3,(H2,27,29). The summed E-state index contributed by atoms with van der Waals surface area (Å²) in [5.41, 5.74) is 9.38. The maximum atomic E-state index is 9.96. The molecule has 6 nitrogen and oxygen atoms in total. The predicted octanol–water partition coefficient (Wildman–Crippen LogP) is 5.71. The molecule has 0 spiro atoms. The molecule has 0 amide bonds. The molecule has 1 aliphatic rings. The van der Waals surface area contributed by atoms with Gasteiger partial charge in [0.15, 0.2) is 0 Å². The number of nitrogens with zero attached hydrogens (tertiary/aromatic N) is 5. The number of anilines is 2. The summed E-state index contributed by atoms with van der Waals surface area (Å²) in [6, 6.07) is 12.0. The number of thiazole rings is 1. The van der Waals surface area contributed by atoms with Gasteiger partial charge in [0.2, 0.25) is 0 Å². The molecule has 0 aliphatic carbocycles. The highest BCUT2D eigenvalue weighted by molar-refractivity contribution is 7.98. The second-order valence-corrected chi connectivity index (χ2v) is 9.99. The fraction of sp³-hybridized carbons (Fsp3) is 0.304. The Bertz CT molecular complexity index is 1200. The van der Waals surface area contributed by atoms with E-state index >= 15 is 0 Å². The molecule has 0 saturated carbocycles. The van der Waals surface area contributed by atoms with Gasteiger partial charge in [0, 0.05) is 34.8 Å². The highest BCUT2D eigenvalue weighted by Crippen LogP contribution is 2.38. The number of nitriles is 2. The van der Waals surface area contributed by atoms with Crippen molar-refractivity contribution in [2.24, 2.45) is 5.92 Å². The zero-order valence-electron chi connectivity index (χ0n) is 17.5. The zero-order chi connectivity index (χ0) is 22.7. The van der Waals surface area contributed by atoms with Crippen LogP contribution in [0.15, 0.2) is 34.7 Å². The van der Waals surface area contributed by atoms with E-state index in [2.05, 4.69) is 28.9 Å². The van der Waals surface area contributed by atoms with Gasteiger partial charge in [-0.1, -0.05) is 42.4 Å². The van der Waals surface area contributed by atoms with Crippen LogP contribution in [-0.4, -0.2) is 23.1 Å². The van der Waals surface area contributed by atoms with E-state index in [-0.39, 0.29) is 5.82 Å². The fourth-order valence-electron chi connectivity index (χ4n) is 3.67. The van der Waals surface area contributed by atoms with Crippen LogP contribution in [0.4, 0.5) is 11.5 Å². The van der Waals surface area contributed by atoms with Crippen LogP contribution < -0.4 is 10.6 Å². The normalized spacial score (nSPS) is 14.2. The highest BCUT2D eigenvalue weighted by Gasteiger charge is 2.26. The van der Waals surface area contributed by atoms with Gasteiger partial charge in [0.1, 0.15) is 39.1 Å². The molecule has 4 rings (SSSR count). The first kappa shape index (κ1) is 22.4. The molecule has 1 aliphatic heterocycles. The van der Waals surface area contributed by atoms with Crippen LogP contribution in [0.1, 0.15) is 36.6 Å². The summed E-state index contributed by atoms with van der Waals surface area (Å²) >= 11 is 8.95. The number of halogens is 1. The van der Waals surface area contributed by atoms with Crippen molar-refractivity contribution in [2.75, 3.05) is 23.7 Å². The number of rotatable bonds is 5. The molecular weight excluding hydrogens is 460 g/mol. The largest absolute Gasteiger partial charge is 0.382 e. The van der Waals surface area contributed by atoms with Crippen molar-refractivity contribution in [3.63, 3.8) is 0 Å². The average Bonchev–Trinajstić information content (AvgIpc) is 3.27. The van der Waals surface area contributed by atoms with Crippen molar-refractivity contribution in [1.29, 1.82) is 10.5 Å². The molecule has 0 unspecified atom stereocenters. The van der Waals surface area contributed by atoms with Gasteiger partial charge < -0.3 is 10.6 Å². The molecule has 32 heavy (non-hydrogen) atoms. The third-order valence-electron chi connectivity index (χ3n) is 5.49. The van der Waals surface area contributed by atoms with Crippen molar-refractivity contribution >= 4 is 46.2 Å². The van der Waals surface area contributed by atoms with Crippen molar-refractivity contribution in [2.45, 2.75) is 30.5 Å². The Morgan fingerprint density at radius 2 is 1.84 bits per heavy atom. The van der Waals surface area contributed by atoms with Crippen LogP contribution in [0.5, 0.6) is 0 Å². The van der Waals surface area contributed by atoms with Crippen molar-refractivity contribution in [3.05, 3.63) is 51.5 Å². The van der Waals surface area contributed by atoms with E-state index in [4.69, 9.17) is 22.3 Å². The van der Waals surface area contributed by atoms with E-state index in [1.807, 2.05) is 29.6 Å². The third kappa shape index (κ3) is 4.68. The van der Waals surface area contributed by atoms with Crippen molar-refractivity contribution in [3.8, 4) is 22.7 Å². The lowest BCUT2D eigenvalue weighted by Crippen LogP contribution is -2.34. The van der Waals surface area contributed by atoms with E-state index < -0.39 is 0 Å². The Morgan fingerprint density at radius 1 is 1.16 bits per heavy atom. The van der Waals surface area contributed by atoms with Gasteiger partial charge in [-0.05, 0) is 30.9 Å². The van der Waals surface area contributed by atoms with Crippen molar-refractivity contribution < 1.29 is 0 Å². The smallest absolute Gasteiger partial charge is 0.144 e. The maximum absolute atomic E-state index is 9.96. The third-order valence-corrected chi connectivity index (χ3v) is 7.69. The van der Waals surface area contributed by atoms with E-state index in [0.29, 0.717) is 38.5 Å². The molecule has 2 aromatic heterocycles. The number of hydrogen-bond acceptors (Lipinski definition) is 8. The topological polar surface area (TPSA) is 103 Å². The molecule has 0 bridgehead atoms. The number of nitrogens with two attached hydrogens (primary N) is 1. The molecule has 3 aromatic rings. The summed E-state index contributed by atoms with van der Waals surface area (Å²) in [6.07, 6.45) is 2.04. The predicted molar refractivity (Wildman–Crippen MR) is 131 cm³/mol. The molecule has 1 aromatic carbocycles. The molecule has 1 fully saturated rings. The van der Waals surface area contributed by atoms with Gasteiger partial charge in [0.25, 0.3) is 0 Å². The number of benzene rings is 1. The van der Waals surface area contributed by atoms with E-state index in [1.54, 1.807) is 11.3 Å². The minimum Gasteiger partial charge on any atom is -0.382 e. The van der Waals surface area contributed by atoms with Crippen molar-refractivity contribution in [1.82, 2.24) is 9.97 Å². The zero-order valence-corrected chi connectivity index (χ0v) is 19.9. The summed E-state index contributed by atoms with van der Waals surface area (Å²) in [6.45, 7) is 3.82. The second-order valence-electron chi connectivity index (χ2n) is 7.73. The number of piperidine rings is 1. The molecule has 9 heteroatoms. The van der Waals surface area contributed by atoms with Crippen LogP contribution in [0.25, 0.3) is 10.6 Å². The molecular formula is C23H21ClN6S2. The lowest BCUT2D eigenvalue weighted by Gasteiger charge is -2.33. The Balaban J connectivity index is 1.60. The number of thioether (sulfide) groups is 1. The molecule has 1 saturated heterocycles. The van der Waals surface area contributed by atoms with Crippen LogP contribution in [0.3, 0.4) is 0 Å². The molecule has 162 valence electrons. The van der Waals surface area contributed by atoms with E-state index in [0.717, 1.165) is 42.2 Å². The SMILES string of the molecule is CC1CCN(c2c(C#N)c(N)nc(SCc3csc(-c4ccc(Cl)cc4)n3)c2C#N)CC1. The first-order valence-electron chi connectivity index (χ1n) is 10.2. The van der Waals surface area contributed by atoms with Gasteiger partial charge in [-0.25, -0.2) is 9.97 Å². The molecule has 0 radical (unpaired) electrons. The highest BCUT2D eigenvalue weighted by atomic mass is 35.5. The van der Waals surface area contributed by atoms with E-state index in [1.165, 1.54) is 11.8 Å². The number of pyridine rings is 1. The lowest BCUT2D eigenvalue weighted by atomic mass is 9.97. The molecule has 3 heterocycles. The minimum absolute atomic E-state index is 0.169. The van der Waals surface area contributed by atoms with Gasteiger partial charge in [-0.2, -0.15) is 10.5 Å². The Labute approximate surface area is 200 Å². The van der Waals surface area contributed by atoms with Gasteiger partial charge >= 0.3 is 0 Å². The average molecular weight is 481 g/mol. The monoisotopic (exact) mass is 480 g/mol. The Hall–Kier alpha value is -2.78. The van der Waals surface area contributed by atoms with Crippen LogP contribution >= 0.6 is 34.7 Å². The maximum Gasteiger partial charge on any atom is 0.144 e. The summed E-state index contributed by atoms with van der Waals surface area (Å²) in [4.78, 5) is 11.2. The van der Waals surface area contributed by atoms with E-state index in [9.17, 15) is 10.5 Å². The summed E-state index contributed by atoms with van der Waals surface area (Å²) in [5, 5.41) is 23.8. The minimum atomic E-state index is 0.169. The number of hydrogen-bond donors (Lipinski definition) is 1. The summed E-state index contributed by atoms with van der Waals surface area (Å²) < 4.78 is 0. The van der Waals surface area contributed by atoms with Gasteiger partial charge in [-0.15, -0.1) is 11.3 Å². The van der Waals surface area contributed by atoms with Crippen LogP contribution in [0, 0.1) is 28.6 Å². The first-order chi connectivity index (χ1) is 15.5. The summed E-state index contributed by atoms with van der Waals surface area (Å²) in [7, 11) is 0. The van der Waals surface area contributed by atoms with Crippen LogP contribution in [-0.2, 0) is 5.75 Å². The number of aromatic nitrogens is 2. The Morgan fingerprint density at radius 3 is 2.50 bits per heavy atom. The fourth-order valence-corrected chi connectivity index (χ4v) is 5.61. The van der Waals surface area contributed by atoms with Crippen LogP contribution in [0.2, 0.25) is 5.02 Å². The molecule has 2 N–H and O–H groups in total. The molecule has 0 atom stereocenters.